The van der Waals surface area contributed by atoms with Crippen molar-refractivity contribution >= 4 is 40.7 Å². The molecule has 1 amide bonds. The number of rotatable bonds is 7. The first-order chi connectivity index (χ1) is 15.4. The molecule has 170 valence electrons. The number of likely N-dealkylation sites (tertiary alicyclic amines) is 1. The van der Waals surface area contributed by atoms with Gasteiger partial charge in [0.25, 0.3) is 6.29 Å². The van der Waals surface area contributed by atoms with E-state index >= 15 is 0 Å². The van der Waals surface area contributed by atoms with Gasteiger partial charge in [-0.3, -0.25) is 4.79 Å². The molecule has 0 saturated carbocycles. The van der Waals surface area contributed by atoms with Crippen molar-refractivity contribution in [3.63, 3.8) is 0 Å². The Bertz CT molecular complexity index is 1000. The van der Waals surface area contributed by atoms with E-state index in [0.29, 0.717) is 35.8 Å². The maximum absolute atomic E-state index is 12.6. The Balaban J connectivity index is 1.28. The Morgan fingerprint density at radius 1 is 1.28 bits per heavy atom. The lowest BCUT2D eigenvalue weighted by Gasteiger charge is -2.34. The third-order valence-electron chi connectivity index (χ3n) is 5.87. The fraction of sp³-hybridized carbons (Fsp3) is 0.455. The second-order valence-electron chi connectivity index (χ2n) is 7.92. The third kappa shape index (κ3) is 5.12. The zero-order valence-corrected chi connectivity index (χ0v) is 19.9. The number of benzene rings is 1. The molecule has 2 aliphatic rings. The SMILES string of the molecule is CN(I)C1CCN(C(=O)CCc2nccn2CC(=O)OC2OC(=O)c3ccccc32)CC1. The predicted molar refractivity (Wildman–Crippen MR) is 123 cm³/mol. The van der Waals surface area contributed by atoms with E-state index in [-0.39, 0.29) is 12.5 Å². The molecule has 0 N–H and O–H groups in total. The zero-order chi connectivity index (χ0) is 22.7. The molecular weight excluding hydrogens is 527 g/mol. The lowest BCUT2D eigenvalue weighted by Crippen LogP contribution is -2.43. The minimum Gasteiger partial charge on any atom is -0.419 e. The van der Waals surface area contributed by atoms with Crippen LogP contribution in [-0.4, -0.2) is 61.6 Å². The van der Waals surface area contributed by atoms with Gasteiger partial charge in [-0.05, 0) is 26.0 Å². The van der Waals surface area contributed by atoms with E-state index in [4.69, 9.17) is 9.47 Å². The highest BCUT2D eigenvalue weighted by molar-refractivity contribution is 14.1. The highest BCUT2D eigenvalue weighted by Crippen LogP contribution is 2.31. The number of cyclic esters (lactones) is 1. The molecule has 9 nitrogen and oxygen atoms in total. The molecule has 3 heterocycles. The van der Waals surface area contributed by atoms with Gasteiger partial charge in [-0.1, -0.05) is 18.2 Å². The van der Waals surface area contributed by atoms with Crippen LogP contribution in [0.1, 0.15) is 47.3 Å². The molecule has 10 heteroatoms. The van der Waals surface area contributed by atoms with Crippen LogP contribution in [0.2, 0.25) is 0 Å². The molecule has 1 atom stereocenters. The second kappa shape index (κ2) is 9.99. The minimum atomic E-state index is -1.04. The highest BCUT2D eigenvalue weighted by Gasteiger charge is 2.33. The van der Waals surface area contributed by atoms with Crippen LogP contribution in [0.4, 0.5) is 0 Å². The van der Waals surface area contributed by atoms with Crippen LogP contribution in [0.5, 0.6) is 0 Å². The molecule has 0 radical (unpaired) electrons. The first-order valence-electron chi connectivity index (χ1n) is 10.6. The van der Waals surface area contributed by atoms with Crippen molar-refractivity contribution in [2.45, 2.75) is 44.6 Å². The van der Waals surface area contributed by atoms with Gasteiger partial charge in [0.05, 0.1) is 5.56 Å². The van der Waals surface area contributed by atoms with Crippen LogP contribution in [0.15, 0.2) is 36.7 Å². The summed E-state index contributed by atoms with van der Waals surface area (Å²) in [6.07, 6.45) is 4.96. The molecule has 32 heavy (non-hydrogen) atoms. The van der Waals surface area contributed by atoms with E-state index in [0.717, 1.165) is 25.9 Å². The fourth-order valence-electron chi connectivity index (χ4n) is 4.06. The summed E-state index contributed by atoms with van der Waals surface area (Å²) in [7, 11) is 2.06. The molecule has 1 saturated heterocycles. The Hall–Kier alpha value is -2.47. The van der Waals surface area contributed by atoms with E-state index in [1.54, 1.807) is 41.2 Å². The monoisotopic (exact) mass is 552 g/mol. The summed E-state index contributed by atoms with van der Waals surface area (Å²) in [5, 5.41) is 0. The number of piperidine rings is 1. The number of aromatic nitrogens is 2. The Kier molecular flexibility index (Phi) is 7.09. The van der Waals surface area contributed by atoms with Crippen molar-refractivity contribution < 1.29 is 23.9 Å². The number of hydrogen-bond acceptors (Lipinski definition) is 7. The van der Waals surface area contributed by atoms with Crippen molar-refractivity contribution in [2.24, 2.45) is 0 Å². The van der Waals surface area contributed by atoms with Crippen LogP contribution in [-0.2, 0) is 32.0 Å². The summed E-state index contributed by atoms with van der Waals surface area (Å²) in [4.78, 5) is 43.2. The first kappa shape index (κ1) is 22.7. The number of aryl methyl sites for hydroxylation is 1. The number of carbonyl (C=O) groups excluding carboxylic acids is 3. The summed E-state index contributed by atoms with van der Waals surface area (Å²) >= 11 is 2.30. The van der Waals surface area contributed by atoms with Gasteiger partial charge in [0.15, 0.2) is 0 Å². The van der Waals surface area contributed by atoms with Crippen LogP contribution in [0, 0.1) is 0 Å². The van der Waals surface area contributed by atoms with Crippen molar-refractivity contribution in [3.05, 3.63) is 53.6 Å². The molecule has 1 unspecified atom stereocenters. The van der Waals surface area contributed by atoms with E-state index in [1.165, 1.54) is 0 Å². The lowest BCUT2D eigenvalue weighted by molar-refractivity contribution is -0.168. The molecule has 2 aromatic rings. The molecule has 0 bridgehead atoms. The second-order valence-corrected chi connectivity index (χ2v) is 9.44. The largest absolute Gasteiger partial charge is 0.419 e. The molecule has 1 aromatic carbocycles. The lowest BCUT2D eigenvalue weighted by atomic mass is 10.0. The van der Waals surface area contributed by atoms with Gasteiger partial charge >= 0.3 is 11.9 Å². The Morgan fingerprint density at radius 2 is 2.03 bits per heavy atom. The smallest absolute Gasteiger partial charge is 0.342 e. The summed E-state index contributed by atoms with van der Waals surface area (Å²) in [6.45, 7) is 1.45. The number of carbonyl (C=O) groups is 3. The summed E-state index contributed by atoms with van der Waals surface area (Å²) in [6, 6.07) is 7.34. The van der Waals surface area contributed by atoms with Gasteiger partial charge in [0, 0.05) is 72.8 Å². The normalized spacial score (nSPS) is 18.5. The average molecular weight is 552 g/mol. The van der Waals surface area contributed by atoms with Gasteiger partial charge in [0.1, 0.15) is 12.4 Å². The van der Waals surface area contributed by atoms with Gasteiger partial charge in [-0.15, -0.1) is 0 Å². The number of amides is 1. The number of esters is 2. The number of imidazole rings is 1. The third-order valence-corrected chi connectivity index (χ3v) is 6.66. The average Bonchev–Trinajstić information content (AvgIpc) is 3.36. The van der Waals surface area contributed by atoms with Crippen molar-refractivity contribution in [1.82, 2.24) is 17.6 Å². The summed E-state index contributed by atoms with van der Waals surface area (Å²) in [5.74, 6) is -0.309. The first-order valence-corrected chi connectivity index (χ1v) is 11.5. The number of nitrogens with zero attached hydrogens (tertiary/aromatic N) is 4. The maximum Gasteiger partial charge on any atom is 0.342 e. The van der Waals surface area contributed by atoms with E-state index in [2.05, 4.69) is 38.0 Å². The number of halogens is 1. The fourth-order valence-corrected chi connectivity index (χ4v) is 4.61. The van der Waals surface area contributed by atoms with Crippen LogP contribution in [0.25, 0.3) is 0 Å². The number of ether oxygens (including phenoxy) is 2. The minimum absolute atomic E-state index is 0.0763. The zero-order valence-electron chi connectivity index (χ0n) is 17.8. The molecule has 1 fully saturated rings. The topological polar surface area (TPSA) is 94.0 Å². The maximum atomic E-state index is 12.6. The molecular formula is C22H25IN4O5. The van der Waals surface area contributed by atoms with E-state index in [9.17, 15) is 14.4 Å². The highest BCUT2D eigenvalue weighted by atomic mass is 127. The molecule has 4 rings (SSSR count). The van der Waals surface area contributed by atoms with Gasteiger partial charge in [-0.2, -0.15) is 0 Å². The molecule has 0 spiro atoms. The van der Waals surface area contributed by atoms with Gasteiger partial charge < -0.3 is 18.9 Å². The van der Waals surface area contributed by atoms with E-state index < -0.39 is 18.2 Å². The quantitative estimate of drug-likeness (QED) is 0.296. The number of hydrogen-bond donors (Lipinski definition) is 0. The molecule has 1 aromatic heterocycles. The van der Waals surface area contributed by atoms with Gasteiger partial charge in [0.2, 0.25) is 5.91 Å². The van der Waals surface area contributed by atoms with Crippen molar-refractivity contribution in [1.29, 1.82) is 0 Å². The predicted octanol–water partition coefficient (Wildman–Crippen LogP) is 2.50. The Morgan fingerprint density at radius 3 is 2.78 bits per heavy atom. The Labute approximate surface area is 200 Å². The summed E-state index contributed by atoms with van der Waals surface area (Å²) in [5.41, 5.74) is 0.945. The van der Waals surface area contributed by atoms with Crippen molar-refractivity contribution in [3.8, 4) is 0 Å². The van der Waals surface area contributed by atoms with E-state index in [1.807, 2.05) is 4.90 Å². The van der Waals surface area contributed by atoms with Crippen LogP contribution < -0.4 is 0 Å². The number of fused-ring (bicyclic) bond motifs is 1. The van der Waals surface area contributed by atoms with Crippen LogP contribution in [0.3, 0.4) is 0 Å². The van der Waals surface area contributed by atoms with Crippen LogP contribution >= 0.6 is 22.9 Å². The molecule has 0 aliphatic carbocycles. The van der Waals surface area contributed by atoms with Gasteiger partial charge in [-0.25, -0.2) is 17.7 Å². The van der Waals surface area contributed by atoms with Crippen molar-refractivity contribution in [2.75, 3.05) is 20.1 Å². The molecule has 2 aliphatic heterocycles. The standard InChI is InChI=1S/C22H25IN4O5/c1-25(23)15-8-11-26(12-9-15)19(28)7-6-18-24-10-13-27(18)14-20(29)31-22-17-5-3-2-4-16(17)21(30)32-22/h2-5,10,13,15,22H,6-9,11-12,14H2,1H3. The summed E-state index contributed by atoms with van der Waals surface area (Å²) < 4.78 is 14.4.